The summed E-state index contributed by atoms with van der Waals surface area (Å²) in [4.78, 5) is 97.3. The first-order chi connectivity index (χ1) is 31.1. The minimum Gasteiger partial charge on any atom is -0.451 e. The molecule has 0 unspecified atom stereocenters. The number of unbranched alkanes of at least 4 members (excludes halogenated alkanes) is 2. The molecule has 0 aliphatic carbocycles. The molecule has 2 heterocycles. The van der Waals surface area contributed by atoms with Crippen LogP contribution in [0.1, 0.15) is 139 Å². The van der Waals surface area contributed by atoms with E-state index in [9.17, 15) is 19.2 Å². The number of fused-ring (bicyclic) bond motifs is 1. The Hall–Kier alpha value is -4.66. The molecule has 1 aliphatic heterocycles. The van der Waals surface area contributed by atoms with E-state index in [0.29, 0.717) is 12.8 Å². The number of cyclic esters (lactones) is 1. The Kier molecular flexibility index (Phi) is 22.5. The van der Waals surface area contributed by atoms with Gasteiger partial charge in [-0.3, -0.25) is 33.7 Å². The highest BCUT2D eigenvalue weighted by atomic mass is 16.6. The monoisotopic (exact) mass is 924 g/mol. The van der Waals surface area contributed by atoms with E-state index < -0.39 is 72.0 Å². The number of hydrogen-bond acceptors (Lipinski definition) is 9. The summed E-state index contributed by atoms with van der Waals surface area (Å²) in [5.41, 5.74) is 1.59. The predicted octanol–water partition coefficient (Wildman–Crippen LogP) is 6.14. The normalized spacial score (nSPS) is 25.1. The number of aromatic nitrogens is 1. The lowest BCUT2D eigenvalue weighted by atomic mass is 9.94. The van der Waals surface area contributed by atoms with Gasteiger partial charge in [0.05, 0.1) is 5.52 Å². The number of benzene rings is 1. The van der Waals surface area contributed by atoms with Gasteiger partial charge in [-0.1, -0.05) is 112 Å². The van der Waals surface area contributed by atoms with Crippen LogP contribution in [-0.4, -0.2) is 132 Å². The average molecular weight is 924 g/mol. The second kappa shape index (κ2) is 26.6. The van der Waals surface area contributed by atoms with E-state index in [0.717, 1.165) is 55.0 Å². The van der Waals surface area contributed by atoms with Crippen LogP contribution >= 0.6 is 0 Å². The number of ether oxygens (including phenoxy) is 1. The van der Waals surface area contributed by atoms with Crippen molar-refractivity contribution in [3.05, 3.63) is 36.0 Å². The first-order valence-corrected chi connectivity index (χ1v) is 24.6. The first-order valence-electron chi connectivity index (χ1n) is 24.6. The maximum absolute atomic E-state index is 15.0. The van der Waals surface area contributed by atoms with Crippen molar-refractivity contribution in [2.75, 3.05) is 34.8 Å². The van der Waals surface area contributed by atoms with E-state index in [-0.39, 0.29) is 55.4 Å². The van der Waals surface area contributed by atoms with E-state index in [2.05, 4.69) is 36.7 Å². The number of para-hydroxylation sites is 1. The van der Waals surface area contributed by atoms with Gasteiger partial charge in [-0.05, 0) is 81.9 Å². The predicted molar refractivity (Wildman–Crippen MR) is 260 cm³/mol. The Morgan fingerprint density at radius 1 is 0.697 bits per heavy atom. The molecule has 0 saturated carbocycles. The highest BCUT2D eigenvalue weighted by molar-refractivity contribution is 5.96. The van der Waals surface area contributed by atoms with Gasteiger partial charge in [0, 0.05) is 44.7 Å². The van der Waals surface area contributed by atoms with Crippen molar-refractivity contribution in [2.45, 2.75) is 182 Å². The van der Waals surface area contributed by atoms with Gasteiger partial charge in [0.25, 0.3) is 5.91 Å². The van der Waals surface area contributed by atoms with Crippen molar-refractivity contribution in [1.29, 1.82) is 0 Å². The van der Waals surface area contributed by atoms with Crippen LogP contribution in [0.3, 0.4) is 0 Å². The summed E-state index contributed by atoms with van der Waals surface area (Å²) < 4.78 is 7.42. The molecule has 5 amide bonds. The van der Waals surface area contributed by atoms with Gasteiger partial charge in [0.2, 0.25) is 23.6 Å². The summed E-state index contributed by atoms with van der Waals surface area (Å²) in [5, 5.41) is 10.1. The Morgan fingerprint density at radius 3 is 1.80 bits per heavy atom. The molecule has 3 N–H and O–H groups in total. The van der Waals surface area contributed by atoms with Crippen molar-refractivity contribution in [3.63, 3.8) is 0 Å². The molecule has 2 aromatic rings. The van der Waals surface area contributed by atoms with E-state index in [1.165, 1.54) is 16.7 Å². The Balaban J connectivity index is 2.24. The zero-order chi connectivity index (χ0) is 49.4. The van der Waals surface area contributed by atoms with Crippen LogP contribution in [0, 0.1) is 23.7 Å². The second-order valence-corrected chi connectivity index (χ2v) is 20.1. The number of amides is 5. The number of rotatable bonds is 17. The van der Waals surface area contributed by atoms with Crippen molar-refractivity contribution in [2.24, 2.45) is 23.7 Å². The van der Waals surface area contributed by atoms with Gasteiger partial charge in [-0.25, -0.2) is 0 Å². The number of hydrogen-bond donors (Lipinski definition) is 3. The van der Waals surface area contributed by atoms with Crippen molar-refractivity contribution in [3.8, 4) is 0 Å². The number of nitrogens with zero attached hydrogens (tertiary/aromatic N) is 4. The zero-order valence-electron chi connectivity index (χ0n) is 42.8. The highest BCUT2D eigenvalue weighted by Crippen LogP contribution is 2.25. The molecule has 0 bridgehead atoms. The lowest BCUT2D eigenvalue weighted by Crippen LogP contribution is -2.60. The van der Waals surface area contributed by atoms with Crippen LogP contribution in [0.4, 0.5) is 0 Å². The van der Waals surface area contributed by atoms with Crippen LogP contribution in [0.15, 0.2) is 30.5 Å². The standard InChI is InChI=1S/C51H85N7O8/c1-15-17-21-34(7)27-39-31-55(11)36(9)51(64)66-37(10)46(59)53-42(28-35(8)22-18-16-2)50(63)56(12)44(26-33(5)6)48(61)54-41(25-32(3)4)49(62)57(13)45(47(60)52-39)29-38-30-58(65-14)43-24-20-19-23-40(38)43/h19-20,23-24,30,32-37,39,41-42,44-45H,15-18,21-22,25-29,31H2,1-14H3,(H,52,60)(H,53,59)(H,54,61)/t34-,35-,36+,37-,39+,41+,42+,44+,45+/m1/s1. The van der Waals surface area contributed by atoms with Crippen LogP contribution in [-0.2, 0) is 39.9 Å². The summed E-state index contributed by atoms with van der Waals surface area (Å²) in [7, 11) is 6.51. The zero-order valence-corrected chi connectivity index (χ0v) is 42.8. The van der Waals surface area contributed by atoms with Gasteiger partial charge in [0.1, 0.15) is 37.3 Å². The largest absolute Gasteiger partial charge is 0.451 e. The maximum atomic E-state index is 15.0. The maximum Gasteiger partial charge on any atom is 0.323 e. The minimum atomic E-state index is -1.23. The number of likely N-dealkylation sites (N-methyl/N-ethyl adjacent to an activating group) is 3. The number of esters is 1. The molecule has 1 fully saturated rings. The quantitative estimate of drug-likeness (QED) is 0.158. The first kappa shape index (κ1) is 55.7. The number of nitrogens with one attached hydrogen (secondary N) is 3. The van der Waals surface area contributed by atoms with E-state index in [1.54, 1.807) is 39.9 Å². The molecule has 0 spiro atoms. The highest BCUT2D eigenvalue weighted by Gasteiger charge is 2.39. The van der Waals surface area contributed by atoms with Gasteiger partial charge in [-0.2, -0.15) is 4.73 Å². The number of carbonyl (C=O) groups excluding carboxylic acids is 6. The molecule has 1 aromatic heterocycles. The lowest BCUT2D eigenvalue weighted by Gasteiger charge is -2.36. The molecule has 0 radical (unpaired) electrons. The smallest absolute Gasteiger partial charge is 0.323 e. The van der Waals surface area contributed by atoms with Gasteiger partial charge >= 0.3 is 5.97 Å². The molecule has 15 heteroatoms. The summed E-state index contributed by atoms with van der Waals surface area (Å²) in [6.07, 6.45) is 7.95. The fraction of sp³-hybridized carbons (Fsp3) is 0.725. The third kappa shape index (κ3) is 16.0. The second-order valence-electron chi connectivity index (χ2n) is 20.1. The summed E-state index contributed by atoms with van der Waals surface area (Å²) >= 11 is 0. The third-order valence-electron chi connectivity index (χ3n) is 13.2. The lowest BCUT2D eigenvalue weighted by molar-refractivity contribution is -0.159. The molecular formula is C51H85N7O8. The third-order valence-corrected chi connectivity index (χ3v) is 13.2. The van der Waals surface area contributed by atoms with E-state index >= 15 is 9.59 Å². The van der Waals surface area contributed by atoms with Gasteiger partial charge < -0.3 is 35.3 Å². The molecule has 3 rings (SSSR count). The average Bonchev–Trinajstić information content (AvgIpc) is 3.63. The van der Waals surface area contributed by atoms with E-state index in [1.807, 2.05) is 70.0 Å². The Labute approximate surface area is 395 Å². The van der Waals surface area contributed by atoms with Crippen molar-refractivity contribution in [1.82, 2.24) is 35.4 Å². The number of carbonyl (C=O) groups is 6. The van der Waals surface area contributed by atoms with Crippen molar-refractivity contribution < 1.29 is 38.3 Å². The fourth-order valence-electron chi connectivity index (χ4n) is 9.02. The van der Waals surface area contributed by atoms with Gasteiger partial charge in [-0.15, -0.1) is 0 Å². The summed E-state index contributed by atoms with van der Waals surface area (Å²) in [6, 6.07) is 2.39. The molecule has 1 saturated heterocycles. The van der Waals surface area contributed by atoms with Crippen LogP contribution < -0.4 is 20.8 Å². The molecule has 15 nitrogen and oxygen atoms in total. The molecule has 1 aliphatic rings. The Morgan fingerprint density at radius 2 is 1.23 bits per heavy atom. The summed E-state index contributed by atoms with van der Waals surface area (Å²) in [6.45, 7) is 19.7. The summed E-state index contributed by atoms with van der Waals surface area (Å²) in [5.74, 6) is -2.81. The van der Waals surface area contributed by atoms with Crippen LogP contribution in [0.5, 0.6) is 0 Å². The van der Waals surface area contributed by atoms with Crippen LogP contribution in [0.2, 0.25) is 0 Å². The van der Waals surface area contributed by atoms with Crippen LogP contribution in [0.25, 0.3) is 10.9 Å². The topological polar surface area (TPSA) is 172 Å². The molecular weight excluding hydrogens is 839 g/mol. The molecule has 372 valence electrons. The Bertz CT molecular complexity index is 1900. The van der Waals surface area contributed by atoms with Gasteiger partial charge in [0.15, 0.2) is 6.10 Å². The SMILES string of the molecule is CCCC[C@@H](C)C[C@H]1CN(C)[C@@H](C)C(=O)O[C@H](C)C(=O)N[C@@H](C[C@H](C)CCCC)C(=O)N(C)[C@@H](CC(C)C)C(=O)N[C@@H](CC(C)C)C(=O)N(C)[C@@H](Cc2cn(OC)c3ccccc23)C(=O)N1. The molecule has 66 heavy (non-hydrogen) atoms. The molecule has 1 aromatic carbocycles. The van der Waals surface area contributed by atoms with Crippen molar-refractivity contribution >= 4 is 46.4 Å². The van der Waals surface area contributed by atoms with E-state index in [4.69, 9.17) is 9.57 Å². The fourth-order valence-corrected chi connectivity index (χ4v) is 9.02. The minimum absolute atomic E-state index is 0.0246. The molecule has 9 atom stereocenters.